The van der Waals surface area contributed by atoms with Crippen molar-refractivity contribution in [2.24, 2.45) is 11.3 Å². The number of rotatable bonds is 4. The molecule has 180 valence electrons. The maximum absolute atomic E-state index is 12.8. The summed E-state index contributed by atoms with van der Waals surface area (Å²) in [6, 6.07) is 7.82. The van der Waals surface area contributed by atoms with Crippen LogP contribution in [0.5, 0.6) is 5.75 Å². The summed E-state index contributed by atoms with van der Waals surface area (Å²) in [5.74, 6) is 1.11. The first kappa shape index (κ1) is 23.2. The predicted molar refractivity (Wildman–Crippen MR) is 137 cm³/mol. The number of halogens is 1. The van der Waals surface area contributed by atoms with Crippen LogP contribution in [0, 0.1) is 18.3 Å². The number of methoxy groups -OCH3 is 1. The lowest BCUT2D eigenvalue weighted by molar-refractivity contribution is -0.161. The van der Waals surface area contributed by atoms with Crippen molar-refractivity contribution in [2.45, 2.75) is 64.8 Å². The Morgan fingerprint density at radius 2 is 2.12 bits per heavy atom. The number of carbonyl (C=O) groups excluding carboxylic acids is 1. The van der Waals surface area contributed by atoms with Crippen LogP contribution in [0.25, 0.3) is 11.0 Å². The summed E-state index contributed by atoms with van der Waals surface area (Å²) in [5.41, 5.74) is 5.93. The van der Waals surface area contributed by atoms with Crippen molar-refractivity contribution in [2.75, 3.05) is 12.4 Å². The molecule has 2 aliphatic rings. The molecule has 34 heavy (non-hydrogen) atoms. The first-order valence-corrected chi connectivity index (χ1v) is 12.8. The second-order valence-electron chi connectivity index (χ2n) is 10.5. The molecule has 0 amide bonds. The molecule has 0 aliphatic heterocycles. The molecule has 0 radical (unpaired) electrons. The zero-order valence-corrected chi connectivity index (χ0v) is 21.8. The van der Waals surface area contributed by atoms with E-state index in [1.54, 1.807) is 6.07 Å². The standard InChI is InChI=1S/C27H32BrN3O3/c1-15-6-8-20(32)16(12-15)14-29-25-30-22-17-7-9-21-26(2,18(17)13-19(28)23(22)31-25)10-5-11-27(21,3)24(33)34-4/h6,8,12-13,21,32H,5,7,9-11,14H2,1-4H3,(H2,29,30,31)/t21-,26-,27-/m1/s1. The second-order valence-corrected chi connectivity index (χ2v) is 11.3. The number of phenols is 1. The smallest absolute Gasteiger partial charge is 0.311 e. The van der Waals surface area contributed by atoms with E-state index in [4.69, 9.17) is 9.72 Å². The summed E-state index contributed by atoms with van der Waals surface area (Å²) in [6.45, 7) is 6.91. The van der Waals surface area contributed by atoms with Gasteiger partial charge in [0.05, 0.1) is 18.0 Å². The number of aryl methyl sites for hydroxylation is 2. The summed E-state index contributed by atoms with van der Waals surface area (Å²) >= 11 is 3.78. The number of hydrogen-bond donors (Lipinski definition) is 3. The fourth-order valence-electron chi connectivity index (χ4n) is 6.67. The number of carbonyl (C=O) groups is 1. The van der Waals surface area contributed by atoms with Gasteiger partial charge in [-0.05, 0) is 90.1 Å². The molecular weight excluding hydrogens is 494 g/mol. The number of esters is 1. The van der Waals surface area contributed by atoms with Gasteiger partial charge >= 0.3 is 5.97 Å². The average Bonchev–Trinajstić information content (AvgIpc) is 3.25. The molecule has 5 rings (SSSR count). The van der Waals surface area contributed by atoms with E-state index in [0.29, 0.717) is 12.5 Å². The fourth-order valence-corrected chi connectivity index (χ4v) is 7.19. The number of anilines is 1. The van der Waals surface area contributed by atoms with Gasteiger partial charge in [0.2, 0.25) is 5.95 Å². The number of nitrogens with one attached hydrogen (secondary N) is 2. The van der Waals surface area contributed by atoms with Crippen molar-refractivity contribution in [3.63, 3.8) is 0 Å². The zero-order valence-electron chi connectivity index (χ0n) is 20.2. The molecule has 1 heterocycles. The van der Waals surface area contributed by atoms with Crippen LogP contribution in [0.1, 0.15) is 61.8 Å². The van der Waals surface area contributed by atoms with Gasteiger partial charge in [0, 0.05) is 16.6 Å². The fraction of sp³-hybridized carbons (Fsp3) is 0.481. The monoisotopic (exact) mass is 525 g/mol. The average molecular weight is 526 g/mol. The number of aromatic amines is 1. The molecule has 3 N–H and O–H groups in total. The van der Waals surface area contributed by atoms with Gasteiger partial charge in [0.15, 0.2) is 0 Å². The van der Waals surface area contributed by atoms with Crippen molar-refractivity contribution in [1.29, 1.82) is 0 Å². The maximum Gasteiger partial charge on any atom is 0.311 e. The van der Waals surface area contributed by atoms with Crippen LogP contribution in [-0.4, -0.2) is 28.2 Å². The molecule has 1 aromatic heterocycles. The number of nitrogens with zero attached hydrogens (tertiary/aromatic N) is 1. The highest BCUT2D eigenvalue weighted by molar-refractivity contribution is 9.10. The highest BCUT2D eigenvalue weighted by Crippen LogP contribution is 2.58. The molecule has 1 fully saturated rings. The van der Waals surface area contributed by atoms with Crippen LogP contribution in [0.2, 0.25) is 0 Å². The first-order chi connectivity index (χ1) is 16.2. The summed E-state index contributed by atoms with van der Waals surface area (Å²) in [6.07, 6.45) is 4.78. The Morgan fingerprint density at radius 1 is 1.32 bits per heavy atom. The van der Waals surface area contributed by atoms with Crippen molar-refractivity contribution < 1.29 is 14.6 Å². The Labute approximate surface area is 208 Å². The predicted octanol–water partition coefficient (Wildman–Crippen LogP) is 6.13. The minimum Gasteiger partial charge on any atom is -0.508 e. The summed E-state index contributed by atoms with van der Waals surface area (Å²) in [5, 5.41) is 13.5. The molecular formula is C27H32BrN3O3. The molecule has 0 spiro atoms. The molecule has 0 unspecified atom stereocenters. The third-order valence-electron chi connectivity index (χ3n) is 8.39. The second kappa shape index (κ2) is 8.29. The van der Waals surface area contributed by atoms with Crippen LogP contribution in [0.4, 0.5) is 5.95 Å². The quantitative estimate of drug-likeness (QED) is 0.356. The number of H-pyrrole nitrogens is 1. The molecule has 7 heteroatoms. The van der Waals surface area contributed by atoms with Gasteiger partial charge in [-0.25, -0.2) is 4.98 Å². The van der Waals surface area contributed by atoms with Crippen molar-refractivity contribution in [3.05, 3.63) is 51.0 Å². The molecule has 0 saturated heterocycles. The molecule has 3 aromatic rings. The molecule has 1 saturated carbocycles. The Kier molecular flexibility index (Phi) is 5.66. The number of ether oxygens (including phenoxy) is 1. The Balaban J connectivity index is 1.52. The van der Waals surface area contributed by atoms with E-state index in [-0.39, 0.29) is 23.1 Å². The number of aromatic nitrogens is 2. The SMILES string of the molecule is COC(=O)[C@]1(C)CCC[C@]2(C)c3cc(Br)c4nc(NCc5cc(C)ccc5O)[nH]c4c3CC[C@@H]12. The topological polar surface area (TPSA) is 87.2 Å². The van der Waals surface area contributed by atoms with Crippen LogP contribution in [0.3, 0.4) is 0 Å². The zero-order chi connectivity index (χ0) is 24.3. The van der Waals surface area contributed by atoms with Crippen LogP contribution in [-0.2, 0) is 27.9 Å². The number of hydrogen-bond acceptors (Lipinski definition) is 5. The third-order valence-corrected chi connectivity index (χ3v) is 8.99. The molecule has 6 nitrogen and oxygen atoms in total. The summed E-state index contributed by atoms with van der Waals surface area (Å²) in [4.78, 5) is 21.2. The molecule has 3 atom stereocenters. The lowest BCUT2D eigenvalue weighted by Crippen LogP contribution is -2.52. The number of imidazole rings is 1. The van der Waals surface area contributed by atoms with Gasteiger partial charge in [0.25, 0.3) is 0 Å². The molecule has 2 aliphatic carbocycles. The van der Waals surface area contributed by atoms with Gasteiger partial charge in [-0.15, -0.1) is 0 Å². The maximum atomic E-state index is 12.8. The minimum absolute atomic E-state index is 0.0838. The van der Waals surface area contributed by atoms with Gasteiger partial charge in [-0.3, -0.25) is 4.79 Å². The van der Waals surface area contributed by atoms with E-state index >= 15 is 0 Å². The van der Waals surface area contributed by atoms with Crippen LogP contribution >= 0.6 is 15.9 Å². The van der Waals surface area contributed by atoms with E-state index in [1.807, 2.05) is 19.1 Å². The lowest BCUT2D eigenvalue weighted by Gasteiger charge is -2.54. The first-order valence-electron chi connectivity index (χ1n) is 12.0. The van der Waals surface area contributed by atoms with E-state index in [0.717, 1.165) is 58.7 Å². The van der Waals surface area contributed by atoms with E-state index in [2.05, 4.69) is 46.1 Å². The number of aromatic hydroxyl groups is 1. The molecule has 2 aromatic carbocycles. The number of fused-ring (bicyclic) bond motifs is 5. The van der Waals surface area contributed by atoms with Crippen molar-refractivity contribution in [3.8, 4) is 5.75 Å². The largest absolute Gasteiger partial charge is 0.508 e. The Hall–Kier alpha value is -2.54. The normalized spacial score (nSPS) is 26.1. The lowest BCUT2D eigenvalue weighted by atomic mass is 9.50. The van der Waals surface area contributed by atoms with Crippen LogP contribution < -0.4 is 5.32 Å². The van der Waals surface area contributed by atoms with Crippen molar-refractivity contribution in [1.82, 2.24) is 9.97 Å². The number of phenolic OH excluding ortho intramolecular Hbond substituents is 1. The third kappa shape index (κ3) is 3.51. The van der Waals surface area contributed by atoms with Gasteiger partial charge in [-0.1, -0.05) is 31.0 Å². The van der Waals surface area contributed by atoms with Gasteiger partial charge in [0.1, 0.15) is 11.3 Å². The van der Waals surface area contributed by atoms with Gasteiger partial charge < -0.3 is 20.1 Å². The van der Waals surface area contributed by atoms with Gasteiger partial charge in [-0.2, -0.15) is 0 Å². The molecule has 0 bridgehead atoms. The Bertz CT molecular complexity index is 1290. The number of benzene rings is 2. The summed E-state index contributed by atoms with van der Waals surface area (Å²) < 4.78 is 6.22. The minimum atomic E-state index is -0.461. The van der Waals surface area contributed by atoms with Crippen molar-refractivity contribution >= 4 is 38.9 Å². The van der Waals surface area contributed by atoms with E-state index in [1.165, 1.54) is 18.2 Å². The highest BCUT2D eigenvalue weighted by atomic mass is 79.9. The van der Waals surface area contributed by atoms with E-state index < -0.39 is 5.41 Å². The Morgan fingerprint density at radius 3 is 2.88 bits per heavy atom. The van der Waals surface area contributed by atoms with Crippen LogP contribution in [0.15, 0.2) is 28.7 Å². The van der Waals surface area contributed by atoms with E-state index in [9.17, 15) is 9.90 Å². The highest BCUT2D eigenvalue weighted by Gasteiger charge is 2.56. The summed E-state index contributed by atoms with van der Waals surface area (Å²) in [7, 11) is 1.51.